The van der Waals surface area contributed by atoms with E-state index >= 15 is 0 Å². The predicted molar refractivity (Wildman–Crippen MR) is 73.2 cm³/mol. The van der Waals surface area contributed by atoms with Crippen molar-refractivity contribution in [1.82, 2.24) is 10.1 Å². The van der Waals surface area contributed by atoms with Crippen molar-refractivity contribution < 1.29 is 4.52 Å². The van der Waals surface area contributed by atoms with Crippen LogP contribution >= 0.6 is 0 Å². The van der Waals surface area contributed by atoms with Gasteiger partial charge in [0.1, 0.15) is 0 Å². The zero-order valence-electron chi connectivity index (χ0n) is 12.2. The van der Waals surface area contributed by atoms with Crippen molar-refractivity contribution in [3.8, 4) is 0 Å². The summed E-state index contributed by atoms with van der Waals surface area (Å²) in [5.74, 6) is 2.27. The molecule has 1 rings (SSSR count). The molecule has 4 heteroatoms. The van der Waals surface area contributed by atoms with E-state index in [-0.39, 0.29) is 5.41 Å². The normalized spacial score (nSPS) is 13.8. The van der Waals surface area contributed by atoms with Gasteiger partial charge in [0.2, 0.25) is 5.89 Å². The van der Waals surface area contributed by atoms with E-state index in [1.54, 1.807) is 0 Å². The third-order valence-electron chi connectivity index (χ3n) is 3.12. The molecule has 18 heavy (non-hydrogen) atoms. The van der Waals surface area contributed by atoms with Gasteiger partial charge in [-0.25, -0.2) is 0 Å². The summed E-state index contributed by atoms with van der Waals surface area (Å²) in [6, 6.07) is 0. The fourth-order valence-electron chi connectivity index (χ4n) is 2.05. The Kier molecular flexibility index (Phi) is 5.79. The van der Waals surface area contributed by atoms with Crippen LogP contribution in [0.4, 0.5) is 0 Å². The molecule has 1 heterocycles. The summed E-state index contributed by atoms with van der Waals surface area (Å²) in [6.07, 6.45) is 5.07. The summed E-state index contributed by atoms with van der Waals surface area (Å²) in [6.45, 7) is 9.50. The molecule has 4 nitrogen and oxygen atoms in total. The fourth-order valence-corrected chi connectivity index (χ4v) is 2.05. The Bertz CT molecular complexity index is 341. The third kappa shape index (κ3) is 5.63. The van der Waals surface area contributed by atoms with Crippen LogP contribution < -0.4 is 5.73 Å². The molecule has 0 saturated carbocycles. The molecule has 1 unspecified atom stereocenters. The SMILES string of the molecule is CCC(CCN)CCc1nc(CC(C)(C)C)no1. The smallest absolute Gasteiger partial charge is 0.226 e. The van der Waals surface area contributed by atoms with Crippen molar-refractivity contribution in [2.45, 2.75) is 59.8 Å². The van der Waals surface area contributed by atoms with Crippen LogP contribution in [0, 0.1) is 11.3 Å². The molecule has 0 aliphatic carbocycles. The standard InChI is InChI=1S/C14H27N3O/c1-5-11(8-9-15)6-7-13-16-12(17-18-13)10-14(2,3)4/h11H,5-10,15H2,1-4H3. The summed E-state index contributed by atoms with van der Waals surface area (Å²) in [7, 11) is 0. The Morgan fingerprint density at radius 1 is 1.28 bits per heavy atom. The highest BCUT2D eigenvalue weighted by molar-refractivity contribution is 4.90. The van der Waals surface area contributed by atoms with Gasteiger partial charge in [0.05, 0.1) is 0 Å². The molecule has 0 amide bonds. The van der Waals surface area contributed by atoms with E-state index in [1.165, 1.54) is 6.42 Å². The molecule has 0 bridgehead atoms. The number of rotatable bonds is 7. The molecule has 0 radical (unpaired) electrons. The first-order valence-corrected chi connectivity index (χ1v) is 6.96. The van der Waals surface area contributed by atoms with E-state index in [0.29, 0.717) is 5.92 Å². The first kappa shape index (κ1) is 15.2. The van der Waals surface area contributed by atoms with Crippen LogP contribution in [-0.4, -0.2) is 16.7 Å². The number of aromatic nitrogens is 2. The van der Waals surface area contributed by atoms with Gasteiger partial charge in [-0.15, -0.1) is 0 Å². The summed E-state index contributed by atoms with van der Waals surface area (Å²) in [5.41, 5.74) is 5.80. The maximum absolute atomic E-state index is 5.60. The zero-order chi connectivity index (χ0) is 13.6. The van der Waals surface area contributed by atoms with E-state index in [2.05, 4.69) is 37.8 Å². The molecule has 1 atom stereocenters. The highest BCUT2D eigenvalue weighted by Gasteiger charge is 2.16. The third-order valence-corrected chi connectivity index (χ3v) is 3.12. The van der Waals surface area contributed by atoms with Crippen LogP contribution in [0.1, 0.15) is 58.7 Å². The topological polar surface area (TPSA) is 64.9 Å². The Morgan fingerprint density at radius 2 is 2.00 bits per heavy atom. The molecule has 104 valence electrons. The summed E-state index contributed by atoms with van der Waals surface area (Å²) < 4.78 is 5.29. The fraction of sp³-hybridized carbons (Fsp3) is 0.857. The zero-order valence-corrected chi connectivity index (χ0v) is 12.2. The van der Waals surface area contributed by atoms with Gasteiger partial charge in [-0.1, -0.05) is 39.3 Å². The van der Waals surface area contributed by atoms with Crippen LogP contribution in [0.2, 0.25) is 0 Å². The lowest BCUT2D eigenvalue weighted by Gasteiger charge is -2.14. The van der Waals surface area contributed by atoms with Crippen LogP contribution in [0.25, 0.3) is 0 Å². The Hall–Kier alpha value is -0.900. The molecule has 0 spiro atoms. The van der Waals surface area contributed by atoms with E-state index in [9.17, 15) is 0 Å². The van der Waals surface area contributed by atoms with Gasteiger partial charge in [0.25, 0.3) is 0 Å². The number of aryl methyl sites for hydroxylation is 1. The molecule has 1 aromatic rings. The minimum Gasteiger partial charge on any atom is -0.339 e. The lowest BCUT2D eigenvalue weighted by Crippen LogP contribution is -2.10. The molecule has 0 aliphatic rings. The second-order valence-corrected chi connectivity index (χ2v) is 6.23. The van der Waals surface area contributed by atoms with Crippen molar-refractivity contribution in [2.75, 3.05) is 6.54 Å². The van der Waals surface area contributed by atoms with Gasteiger partial charge >= 0.3 is 0 Å². The van der Waals surface area contributed by atoms with E-state index in [1.807, 2.05) is 0 Å². The number of nitrogens with two attached hydrogens (primary N) is 1. The van der Waals surface area contributed by atoms with Gasteiger partial charge in [-0.3, -0.25) is 0 Å². The Balaban J connectivity index is 2.44. The second-order valence-electron chi connectivity index (χ2n) is 6.23. The maximum atomic E-state index is 5.60. The molecule has 0 saturated heterocycles. The predicted octanol–water partition coefficient (Wildman–Crippen LogP) is 2.97. The highest BCUT2D eigenvalue weighted by atomic mass is 16.5. The maximum Gasteiger partial charge on any atom is 0.226 e. The van der Waals surface area contributed by atoms with E-state index in [0.717, 1.165) is 43.9 Å². The second kappa shape index (κ2) is 6.88. The number of nitrogens with zero attached hydrogens (tertiary/aromatic N) is 2. The largest absolute Gasteiger partial charge is 0.339 e. The summed E-state index contributed by atoms with van der Waals surface area (Å²) in [4.78, 5) is 4.45. The van der Waals surface area contributed by atoms with Crippen molar-refractivity contribution >= 4 is 0 Å². The molecule has 0 aromatic carbocycles. The van der Waals surface area contributed by atoms with Gasteiger partial charge in [-0.05, 0) is 30.7 Å². The van der Waals surface area contributed by atoms with E-state index in [4.69, 9.17) is 10.3 Å². The molecular weight excluding hydrogens is 226 g/mol. The van der Waals surface area contributed by atoms with Crippen LogP contribution in [0.3, 0.4) is 0 Å². The van der Waals surface area contributed by atoms with Crippen LogP contribution in [-0.2, 0) is 12.8 Å². The summed E-state index contributed by atoms with van der Waals surface area (Å²) in [5, 5.41) is 4.04. The average Bonchev–Trinajstić information content (AvgIpc) is 2.69. The first-order chi connectivity index (χ1) is 8.44. The van der Waals surface area contributed by atoms with Crippen molar-refractivity contribution in [2.24, 2.45) is 17.1 Å². The van der Waals surface area contributed by atoms with Crippen LogP contribution in [0.5, 0.6) is 0 Å². The number of hydrogen-bond donors (Lipinski definition) is 1. The van der Waals surface area contributed by atoms with E-state index < -0.39 is 0 Å². The quantitative estimate of drug-likeness (QED) is 0.811. The van der Waals surface area contributed by atoms with Crippen LogP contribution in [0.15, 0.2) is 4.52 Å². The van der Waals surface area contributed by atoms with Gasteiger partial charge in [-0.2, -0.15) is 4.98 Å². The molecule has 1 aromatic heterocycles. The van der Waals surface area contributed by atoms with Gasteiger partial charge in [0.15, 0.2) is 5.82 Å². The Morgan fingerprint density at radius 3 is 2.56 bits per heavy atom. The van der Waals surface area contributed by atoms with Gasteiger partial charge < -0.3 is 10.3 Å². The van der Waals surface area contributed by atoms with Gasteiger partial charge in [0, 0.05) is 12.8 Å². The van der Waals surface area contributed by atoms with Crippen molar-refractivity contribution in [1.29, 1.82) is 0 Å². The molecule has 0 fully saturated rings. The first-order valence-electron chi connectivity index (χ1n) is 6.96. The number of hydrogen-bond acceptors (Lipinski definition) is 4. The molecule has 0 aliphatic heterocycles. The summed E-state index contributed by atoms with van der Waals surface area (Å²) >= 11 is 0. The molecule has 2 N–H and O–H groups in total. The van der Waals surface area contributed by atoms with Crippen molar-refractivity contribution in [3.63, 3.8) is 0 Å². The minimum atomic E-state index is 0.201. The van der Waals surface area contributed by atoms with Crippen molar-refractivity contribution in [3.05, 3.63) is 11.7 Å². The highest BCUT2D eigenvalue weighted by Crippen LogP contribution is 2.20. The lowest BCUT2D eigenvalue weighted by molar-refractivity contribution is 0.341. The Labute approximate surface area is 110 Å². The monoisotopic (exact) mass is 253 g/mol. The molecular formula is C14H27N3O. The minimum absolute atomic E-state index is 0.201. The lowest BCUT2D eigenvalue weighted by atomic mass is 9.92. The average molecular weight is 253 g/mol.